The number of amides is 1. The number of likely N-dealkylation sites (tertiary alicyclic amines) is 1. The number of nitrogens with zero attached hydrogens (tertiary/aromatic N) is 3. The largest absolute Gasteiger partial charge is 0.497 e. The van der Waals surface area contributed by atoms with Gasteiger partial charge in [-0.3, -0.25) is 14.8 Å². The third-order valence-electron chi connectivity index (χ3n) is 5.71. The van der Waals surface area contributed by atoms with E-state index in [0.717, 1.165) is 48.4 Å². The summed E-state index contributed by atoms with van der Waals surface area (Å²) in [5.41, 5.74) is 1.61. The Morgan fingerprint density at radius 3 is 3.25 bits per heavy atom. The van der Waals surface area contributed by atoms with Crippen LogP contribution in [0.2, 0.25) is 0 Å². The van der Waals surface area contributed by atoms with Crippen LogP contribution < -0.4 is 4.74 Å². The predicted molar refractivity (Wildman–Crippen MR) is 86.5 cm³/mol. The van der Waals surface area contributed by atoms with Crippen molar-refractivity contribution in [1.29, 1.82) is 0 Å². The van der Waals surface area contributed by atoms with E-state index < -0.39 is 0 Å². The van der Waals surface area contributed by atoms with E-state index >= 15 is 0 Å². The van der Waals surface area contributed by atoms with Crippen molar-refractivity contribution in [3.8, 4) is 5.75 Å². The fourth-order valence-electron chi connectivity index (χ4n) is 4.56. The van der Waals surface area contributed by atoms with Crippen LogP contribution in [0, 0.1) is 0 Å². The fraction of sp³-hybridized carbons (Fsp3) is 0.529. The number of benzene rings is 1. The molecule has 3 fully saturated rings. The maximum atomic E-state index is 12.3. The quantitative estimate of drug-likeness (QED) is 0.914. The third-order valence-corrected chi connectivity index (χ3v) is 5.71. The Labute approximate surface area is 139 Å². The molecule has 0 aliphatic carbocycles. The molecule has 126 valence electrons. The second-order valence-corrected chi connectivity index (χ2v) is 6.76. The van der Waals surface area contributed by atoms with E-state index in [4.69, 9.17) is 9.47 Å². The van der Waals surface area contributed by atoms with E-state index in [9.17, 15) is 4.79 Å². The van der Waals surface area contributed by atoms with Crippen molar-refractivity contribution in [2.45, 2.75) is 31.2 Å². The molecule has 1 spiro atoms. The van der Waals surface area contributed by atoms with E-state index in [1.54, 1.807) is 7.11 Å². The summed E-state index contributed by atoms with van der Waals surface area (Å²) >= 11 is 0. The Bertz CT molecular complexity index is 819. The third kappa shape index (κ3) is 1.79. The number of H-pyrrole nitrogens is 1. The number of nitrogens with one attached hydrogen (secondary N) is 1. The molecule has 1 aromatic heterocycles. The highest BCUT2D eigenvalue weighted by atomic mass is 16.5. The van der Waals surface area contributed by atoms with Crippen LogP contribution in [0.15, 0.2) is 18.2 Å². The number of carbonyl (C=O) groups is 1. The lowest BCUT2D eigenvalue weighted by Crippen LogP contribution is -2.47. The molecular weight excluding hydrogens is 308 g/mol. The SMILES string of the molecule is COc1ccc2n[nH]c(CN3CC[C@@]45OCCN4C(=O)C[C@@H]35)c2c1. The van der Waals surface area contributed by atoms with Gasteiger partial charge in [-0.2, -0.15) is 5.10 Å². The Morgan fingerprint density at radius 2 is 2.38 bits per heavy atom. The van der Waals surface area contributed by atoms with Crippen molar-refractivity contribution >= 4 is 16.8 Å². The Morgan fingerprint density at radius 1 is 1.46 bits per heavy atom. The lowest BCUT2D eigenvalue weighted by atomic mass is 10.1. The molecule has 5 rings (SSSR count). The van der Waals surface area contributed by atoms with Crippen LogP contribution >= 0.6 is 0 Å². The van der Waals surface area contributed by atoms with Crippen LogP contribution in [-0.4, -0.2) is 64.5 Å². The van der Waals surface area contributed by atoms with E-state index in [2.05, 4.69) is 15.1 Å². The number of hydrogen-bond donors (Lipinski definition) is 1. The molecular formula is C17H20N4O3. The summed E-state index contributed by atoms with van der Waals surface area (Å²) < 4.78 is 11.4. The summed E-state index contributed by atoms with van der Waals surface area (Å²) in [4.78, 5) is 16.6. The maximum Gasteiger partial charge on any atom is 0.226 e. The number of methoxy groups -OCH3 is 1. The standard InChI is InChI=1S/C17H20N4O3/c1-23-11-2-3-13-12(8-11)14(19-18-13)10-20-5-4-17-15(20)9-16(22)21(17)6-7-24-17/h2-3,8,15H,4-7,9-10H2,1H3,(H,18,19)/t15-,17+/m1/s1. The summed E-state index contributed by atoms with van der Waals surface area (Å²) in [6.07, 6.45) is 1.44. The van der Waals surface area contributed by atoms with Crippen LogP contribution in [0.4, 0.5) is 0 Å². The molecule has 3 aliphatic heterocycles. The van der Waals surface area contributed by atoms with Crippen molar-refractivity contribution < 1.29 is 14.3 Å². The molecule has 0 saturated carbocycles. The second kappa shape index (κ2) is 4.94. The van der Waals surface area contributed by atoms with Gasteiger partial charge in [0.1, 0.15) is 5.75 Å². The molecule has 2 atom stereocenters. The summed E-state index contributed by atoms with van der Waals surface area (Å²) in [5, 5.41) is 8.61. The lowest BCUT2D eigenvalue weighted by molar-refractivity contribution is -0.136. The van der Waals surface area contributed by atoms with Crippen LogP contribution in [0.3, 0.4) is 0 Å². The highest BCUT2D eigenvalue weighted by Gasteiger charge is 2.61. The first-order valence-electron chi connectivity index (χ1n) is 8.41. The van der Waals surface area contributed by atoms with Crippen molar-refractivity contribution in [3.05, 3.63) is 23.9 Å². The van der Waals surface area contributed by atoms with Crippen molar-refractivity contribution in [3.63, 3.8) is 0 Å². The van der Waals surface area contributed by atoms with Crippen molar-refractivity contribution in [2.75, 3.05) is 26.8 Å². The molecule has 0 unspecified atom stereocenters. The number of ether oxygens (including phenoxy) is 2. The molecule has 24 heavy (non-hydrogen) atoms. The molecule has 1 aromatic carbocycles. The topological polar surface area (TPSA) is 70.7 Å². The van der Waals surface area contributed by atoms with E-state index in [1.165, 1.54) is 0 Å². The molecule has 4 heterocycles. The van der Waals surface area contributed by atoms with E-state index in [0.29, 0.717) is 13.0 Å². The van der Waals surface area contributed by atoms with Gasteiger partial charge >= 0.3 is 0 Å². The first-order valence-corrected chi connectivity index (χ1v) is 8.41. The minimum Gasteiger partial charge on any atom is -0.497 e. The van der Waals surface area contributed by atoms with Gasteiger partial charge < -0.3 is 14.4 Å². The maximum absolute atomic E-state index is 12.3. The highest BCUT2D eigenvalue weighted by molar-refractivity contribution is 5.83. The summed E-state index contributed by atoms with van der Waals surface area (Å²) in [7, 11) is 1.67. The van der Waals surface area contributed by atoms with E-state index in [1.807, 2.05) is 23.1 Å². The van der Waals surface area contributed by atoms with Crippen LogP contribution in [0.1, 0.15) is 18.5 Å². The molecule has 1 N–H and O–H groups in total. The van der Waals surface area contributed by atoms with Gasteiger partial charge in [0.15, 0.2) is 5.72 Å². The van der Waals surface area contributed by atoms with Crippen molar-refractivity contribution in [2.24, 2.45) is 0 Å². The van der Waals surface area contributed by atoms with Gasteiger partial charge in [-0.05, 0) is 18.2 Å². The number of hydrogen-bond acceptors (Lipinski definition) is 5. The first kappa shape index (κ1) is 14.2. The monoisotopic (exact) mass is 328 g/mol. The number of fused-ring (bicyclic) bond motifs is 1. The molecule has 0 bridgehead atoms. The first-order chi connectivity index (χ1) is 11.7. The summed E-state index contributed by atoms with van der Waals surface area (Å²) in [6, 6.07) is 6.02. The normalized spacial score (nSPS) is 29.5. The molecule has 2 aromatic rings. The van der Waals surface area contributed by atoms with Gasteiger partial charge in [-0.1, -0.05) is 0 Å². The number of carbonyl (C=O) groups excluding carboxylic acids is 1. The molecule has 7 nitrogen and oxygen atoms in total. The Kier molecular flexibility index (Phi) is 2.93. The fourth-order valence-corrected chi connectivity index (χ4v) is 4.56. The average Bonchev–Trinajstić information content (AvgIpc) is 3.32. The summed E-state index contributed by atoms with van der Waals surface area (Å²) in [6.45, 7) is 3.05. The minimum absolute atomic E-state index is 0.136. The number of aromatic nitrogens is 2. The van der Waals surface area contributed by atoms with Gasteiger partial charge in [-0.15, -0.1) is 0 Å². The number of rotatable bonds is 3. The molecule has 3 aliphatic rings. The average molecular weight is 328 g/mol. The van der Waals surface area contributed by atoms with E-state index in [-0.39, 0.29) is 17.7 Å². The molecule has 1 amide bonds. The van der Waals surface area contributed by atoms with Gasteiger partial charge in [0.05, 0.1) is 31.0 Å². The van der Waals surface area contributed by atoms with Crippen LogP contribution in [0.5, 0.6) is 5.75 Å². The molecule has 7 heteroatoms. The smallest absolute Gasteiger partial charge is 0.226 e. The Hall–Kier alpha value is -2.12. The second-order valence-electron chi connectivity index (χ2n) is 6.76. The lowest BCUT2D eigenvalue weighted by Gasteiger charge is -2.31. The zero-order valence-electron chi connectivity index (χ0n) is 13.6. The van der Waals surface area contributed by atoms with Gasteiger partial charge in [0.2, 0.25) is 5.91 Å². The molecule has 3 saturated heterocycles. The minimum atomic E-state index is -0.384. The number of aromatic amines is 1. The Balaban J connectivity index is 1.46. The van der Waals surface area contributed by atoms with Gasteiger partial charge in [0.25, 0.3) is 0 Å². The van der Waals surface area contributed by atoms with Crippen molar-refractivity contribution in [1.82, 2.24) is 20.0 Å². The predicted octanol–water partition coefficient (Wildman–Crippen LogP) is 1.10. The highest BCUT2D eigenvalue weighted by Crippen LogP contribution is 2.46. The van der Waals surface area contributed by atoms with Gasteiger partial charge in [-0.25, -0.2) is 0 Å². The zero-order valence-corrected chi connectivity index (χ0v) is 13.6. The summed E-state index contributed by atoms with van der Waals surface area (Å²) in [5.74, 6) is 1.04. The van der Waals surface area contributed by atoms with Gasteiger partial charge in [0, 0.05) is 37.9 Å². The molecule has 0 radical (unpaired) electrons. The van der Waals surface area contributed by atoms with Crippen LogP contribution in [-0.2, 0) is 16.1 Å². The van der Waals surface area contributed by atoms with Crippen LogP contribution in [0.25, 0.3) is 10.9 Å². The zero-order chi connectivity index (χ0) is 16.3.